The van der Waals surface area contributed by atoms with Crippen LogP contribution in [0.25, 0.3) is 0 Å². The van der Waals surface area contributed by atoms with Crippen LogP contribution in [-0.2, 0) is 4.79 Å². The van der Waals surface area contributed by atoms with Crippen molar-refractivity contribution in [3.8, 4) is 0 Å². The zero-order valence-electron chi connectivity index (χ0n) is 27.2. The Kier molecular flexibility index (Phi) is 30.7. The molecule has 242 valence electrons. The molecule has 0 spiro atoms. The molecule has 3 nitrogen and oxygen atoms in total. The first-order valence-corrected chi connectivity index (χ1v) is 17.3. The molecule has 0 unspecified atom stereocenters. The number of carboxylic acid groups (broad SMARTS) is 1. The van der Waals surface area contributed by atoms with Crippen molar-refractivity contribution in [3.05, 3.63) is 0 Å². The fourth-order valence-corrected chi connectivity index (χ4v) is 5.58. The maximum atomic E-state index is 10.5. The van der Waals surface area contributed by atoms with Crippen LogP contribution in [0.5, 0.6) is 0 Å². The van der Waals surface area contributed by atoms with Crippen LogP contribution >= 0.6 is 0 Å². The Balaban J connectivity index is 0. The smallest absolute Gasteiger partial charge is 0.430 e. The molecule has 0 rings (SSSR count). The van der Waals surface area contributed by atoms with Crippen LogP contribution in [0.2, 0.25) is 0 Å². The quantitative estimate of drug-likeness (QED) is 0.0683. The molecule has 0 N–H and O–H groups in total. The number of nitrogens with zero attached hydrogens (tertiary/aromatic N) is 1. The summed E-state index contributed by atoms with van der Waals surface area (Å²) in [5, 5.41) is 8.78. The van der Waals surface area contributed by atoms with E-state index in [0.717, 1.165) is 0 Å². The standard InChI is InChI=1S/C32H68N.C2HF3O2/c1-5-9-13-17-21-25-29-33(30-26-22-18-14-10-6-2,31-27-23-19-15-11-7-3)32-28-24-20-16-12-8-4;3-2(4,5)1(6)7/h5-32H2,1-4H3;(H,6,7)/q+1;/p-1. The summed E-state index contributed by atoms with van der Waals surface area (Å²) < 4.78 is 33.0. The average molecular weight is 580 g/mol. The highest BCUT2D eigenvalue weighted by Crippen LogP contribution is 2.21. The van der Waals surface area contributed by atoms with Gasteiger partial charge in [0.15, 0.2) is 0 Å². The molecular weight excluding hydrogens is 511 g/mol. The molecule has 0 fully saturated rings. The molecule has 0 aliphatic heterocycles. The van der Waals surface area contributed by atoms with E-state index in [0.29, 0.717) is 0 Å². The maximum Gasteiger partial charge on any atom is 0.430 e. The Morgan fingerprint density at radius 2 is 0.625 bits per heavy atom. The number of halogens is 3. The summed E-state index contributed by atoms with van der Waals surface area (Å²) in [6.45, 7) is 15.3. The first-order valence-electron chi connectivity index (χ1n) is 17.3. The second kappa shape index (κ2) is 29.7. The lowest BCUT2D eigenvalue weighted by Gasteiger charge is -2.40. The Hall–Kier alpha value is -0.780. The zero-order chi connectivity index (χ0) is 30.4. The van der Waals surface area contributed by atoms with E-state index in [2.05, 4.69) is 27.7 Å². The molecule has 40 heavy (non-hydrogen) atoms. The zero-order valence-corrected chi connectivity index (χ0v) is 27.2. The molecule has 0 aliphatic carbocycles. The minimum absolute atomic E-state index is 1.37. The average Bonchev–Trinajstić information content (AvgIpc) is 2.92. The van der Waals surface area contributed by atoms with Gasteiger partial charge in [-0.1, -0.05) is 130 Å². The number of aliphatic carboxylic acids is 1. The molecule has 0 radical (unpaired) electrons. The van der Waals surface area contributed by atoms with Gasteiger partial charge in [0.05, 0.1) is 26.2 Å². The van der Waals surface area contributed by atoms with Crippen LogP contribution in [0, 0.1) is 0 Å². The summed E-state index contributed by atoms with van der Waals surface area (Å²) >= 11 is 0. The number of quaternary nitrogens is 1. The lowest BCUT2D eigenvalue weighted by atomic mass is 10.0. The number of carbonyl (C=O) groups excluding carboxylic acids is 1. The Morgan fingerprint density at radius 1 is 0.450 bits per heavy atom. The molecule has 0 aromatic rings. The third kappa shape index (κ3) is 28.7. The second-order valence-electron chi connectivity index (χ2n) is 12.1. The van der Waals surface area contributed by atoms with Crippen molar-refractivity contribution in [2.24, 2.45) is 0 Å². The molecular formula is C34H68F3NO2. The number of carbonyl (C=O) groups is 1. The van der Waals surface area contributed by atoms with Crippen LogP contribution in [0.15, 0.2) is 0 Å². The molecule has 6 heteroatoms. The number of rotatable bonds is 28. The summed E-state index contributed by atoms with van der Waals surface area (Å²) in [4.78, 5) is 8.78. The van der Waals surface area contributed by atoms with Gasteiger partial charge in [-0.15, -0.1) is 0 Å². The van der Waals surface area contributed by atoms with Crippen LogP contribution in [0.4, 0.5) is 13.2 Å². The van der Waals surface area contributed by atoms with E-state index < -0.39 is 12.1 Å². The molecule has 0 saturated heterocycles. The van der Waals surface area contributed by atoms with Crippen LogP contribution in [0.3, 0.4) is 0 Å². The van der Waals surface area contributed by atoms with Crippen molar-refractivity contribution < 1.29 is 27.6 Å². The number of carboxylic acids is 1. The second-order valence-corrected chi connectivity index (χ2v) is 12.1. The lowest BCUT2D eigenvalue weighted by molar-refractivity contribution is -0.929. The van der Waals surface area contributed by atoms with Crippen molar-refractivity contribution in [3.63, 3.8) is 0 Å². The van der Waals surface area contributed by atoms with Gasteiger partial charge in [-0.25, -0.2) is 0 Å². The van der Waals surface area contributed by atoms with Crippen molar-refractivity contribution >= 4 is 5.97 Å². The monoisotopic (exact) mass is 580 g/mol. The SMILES string of the molecule is CCCCCCCC[N+](CCCCCCCC)(CCCCCCCC)CCCCCCCC.O=C([O-])C(F)(F)F. The van der Waals surface area contributed by atoms with Crippen molar-refractivity contribution in [2.75, 3.05) is 26.2 Å². The number of hydrogen-bond donors (Lipinski definition) is 0. The maximum absolute atomic E-state index is 10.5. The number of alkyl halides is 3. The summed E-state index contributed by atoms with van der Waals surface area (Å²) in [5.41, 5.74) is 0. The predicted molar refractivity (Wildman–Crippen MR) is 164 cm³/mol. The van der Waals surface area contributed by atoms with Crippen molar-refractivity contribution in [2.45, 2.75) is 188 Å². The normalized spacial score (nSPS) is 11.9. The van der Waals surface area contributed by atoms with Crippen LogP contribution in [0.1, 0.15) is 182 Å². The summed E-state index contributed by atoms with van der Waals surface area (Å²) in [7, 11) is 0. The summed E-state index contributed by atoms with van der Waals surface area (Å²) in [6.07, 6.45) is 29.6. The van der Waals surface area contributed by atoms with Gasteiger partial charge in [-0.2, -0.15) is 13.2 Å². The summed E-state index contributed by atoms with van der Waals surface area (Å²) in [5.74, 6) is -3.01. The third-order valence-electron chi connectivity index (χ3n) is 8.18. The lowest BCUT2D eigenvalue weighted by Crippen LogP contribution is -2.50. The van der Waals surface area contributed by atoms with Gasteiger partial charge in [0, 0.05) is 0 Å². The Morgan fingerprint density at radius 3 is 0.800 bits per heavy atom. The van der Waals surface area contributed by atoms with Crippen LogP contribution < -0.4 is 5.11 Å². The van der Waals surface area contributed by atoms with E-state index >= 15 is 0 Å². The largest absolute Gasteiger partial charge is 0.542 e. The van der Waals surface area contributed by atoms with E-state index in [1.165, 1.54) is 185 Å². The molecule has 0 aromatic carbocycles. The van der Waals surface area contributed by atoms with Crippen LogP contribution in [-0.4, -0.2) is 42.8 Å². The first kappa shape index (κ1) is 41.4. The highest BCUT2D eigenvalue weighted by molar-refractivity contribution is 5.70. The minimum Gasteiger partial charge on any atom is -0.542 e. The van der Waals surface area contributed by atoms with E-state index in [9.17, 15) is 13.2 Å². The van der Waals surface area contributed by atoms with E-state index in [1.54, 1.807) is 0 Å². The molecule has 0 saturated carbocycles. The molecule has 0 aliphatic rings. The van der Waals surface area contributed by atoms with Gasteiger partial charge < -0.3 is 14.4 Å². The molecule has 0 amide bonds. The van der Waals surface area contributed by atoms with Gasteiger partial charge in [0.1, 0.15) is 5.97 Å². The van der Waals surface area contributed by atoms with Crippen molar-refractivity contribution in [1.29, 1.82) is 0 Å². The Labute approximate surface area is 247 Å². The fraction of sp³-hybridized carbons (Fsp3) is 0.971. The van der Waals surface area contributed by atoms with Crippen molar-refractivity contribution in [1.82, 2.24) is 0 Å². The Bertz CT molecular complexity index is 456. The van der Waals surface area contributed by atoms with Gasteiger partial charge >= 0.3 is 6.18 Å². The third-order valence-corrected chi connectivity index (χ3v) is 8.18. The van der Waals surface area contributed by atoms with E-state index in [1.807, 2.05) is 0 Å². The van der Waals surface area contributed by atoms with E-state index in [-0.39, 0.29) is 0 Å². The first-order chi connectivity index (χ1) is 19.2. The highest BCUT2D eigenvalue weighted by Gasteiger charge is 2.29. The van der Waals surface area contributed by atoms with Gasteiger partial charge in [0.2, 0.25) is 0 Å². The number of unbranched alkanes of at least 4 members (excludes halogenated alkanes) is 20. The minimum atomic E-state index is -5.19. The molecule has 0 atom stereocenters. The predicted octanol–water partition coefficient (Wildman–Crippen LogP) is 10.5. The molecule has 0 bridgehead atoms. The molecule has 0 aromatic heterocycles. The van der Waals surface area contributed by atoms with Gasteiger partial charge in [-0.3, -0.25) is 0 Å². The highest BCUT2D eigenvalue weighted by atomic mass is 19.4. The fourth-order valence-electron chi connectivity index (χ4n) is 5.58. The van der Waals surface area contributed by atoms with Gasteiger partial charge in [-0.05, 0) is 51.4 Å². The van der Waals surface area contributed by atoms with E-state index in [4.69, 9.17) is 9.90 Å². The topological polar surface area (TPSA) is 40.1 Å². The number of hydrogen-bond acceptors (Lipinski definition) is 2. The van der Waals surface area contributed by atoms with Gasteiger partial charge in [0.25, 0.3) is 0 Å². The molecule has 0 heterocycles. The summed E-state index contributed by atoms with van der Waals surface area (Å²) in [6, 6.07) is 0.